The summed E-state index contributed by atoms with van der Waals surface area (Å²) in [7, 11) is 0. The van der Waals surface area contributed by atoms with Gasteiger partial charge in [-0.1, -0.05) is 72.3 Å². The summed E-state index contributed by atoms with van der Waals surface area (Å²) in [5.74, 6) is -0.294. The molecule has 0 spiro atoms. The normalized spacial score (nSPS) is 17.6. The minimum Gasteiger partial charge on any atom is -0.350 e. The first-order valence-corrected chi connectivity index (χ1v) is 11.8. The second-order valence-corrected chi connectivity index (χ2v) is 9.39. The highest BCUT2D eigenvalue weighted by Gasteiger charge is 2.47. The minimum atomic E-state index is -1.03. The van der Waals surface area contributed by atoms with Crippen LogP contribution >= 0.6 is 11.6 Å². The maximum atomic E-state index is 13.8. The fourth-order valence-corrected chi connectivity index (χ4v) is 4.84. The fraction of sp³-hybridized carbons (Fsp3) is 0.214. The molecule has 0 fully saturated rings. The Hall–Kier alpha value is -3.57. The number of halogens is 1. The van der Waals surface area contributed by atoms with Gasteiger partial charge in [0.2, 0.25) is 5.91 Å². The summed E-state index contributed by atoms with van der Waals surface area (Å²) in [5.41, 5.74) is 2.63. The van der Waals surface area contributed by atoms with Crippen LogP contribution in [0.5, 0.6) is 0 Å². The second-order valence-electron chi connectivity index (χ2n) is 8.95. The summed E-state index contributed by atoms with van der Waals surface area (Å²) in [6, 6.07) is 27.2. The van der Waals surface area contributed by atoms with Crippen molar-refractivity contribution in [1.29, 1.82) is 0 Å². The summed E-state index contributed by atoms with van der Waals surface area (Å²) in [5, 5.41) is 4.74. The van der Waals surface area contributed by atoms with Crippen molar-refractivity contribution in [3.63, 3.8) is 0 Å². The molecular formula is C28H26ClN3O2. The molecule has 172 valence electrons. The van der Waals surface area contributed by atoms with Gasteiger partial charge in [-0.2, -0.15) is 0 Å². The maximum absolute atomic E-state index is 13.8. The topological polar surface area (TPSA) is 54.3 Å². The number of nitrogens with one attached hydrogen (secondary N) is 1. The first kappa shape index (κ1) is 22.2. The number of fused-ring (bicyclic) bond motifs is 3. The molecule has 1 aromatic heterocycles. The molecule has 0 bridgehead atoms. The van der Waals surface area contributed by atoms with E-state index in [2.05, 4.69) is 5.32 Å². The number of para-hydroxylation sites is 1. The first-order chi connectivity index (χ1) is 16.5. The second kappa shape index (κ2) is 8.99. The number of aromatic nitrogens is 1. The first-order valence-electron chi connectivity index (χ1n) is 11.4. The zero-order valence-electron chi connectivity index (χ0n) is 19.0. The molecule has 0 saturated carbocycles. The van der Waals surface area contributed by atoms with Crippen LogP contribution in [0.3, 0.4) is 0 Å². The number of rotatable bonds is 6. The molecule has 1 atom stereocenters. The molecule has 3 aromatic carbocycles. The Kier molecular flexibility index (Phi) is 5.88. The third kappa shape index (κ3) is 4.08. The van der Waals surface area contributed by atoms with Gasteiger partial charge in [0.1, 0.15) is 11.2 Å². The SMILES string of the molecule is C[C@]1(C(=O)NCc2ccccc2)Cn2c(cc3ccccc32)C(=O)N1CCc1ccc(Cl)cc1. The number of hydrogen-bond acceptors (Lipinski definition) is 2. The number of nitrogens with zero attached hydrogens (tertiary/aromatic N) is 2. The lowest BCUT2D eigenvalue weighted by Crippen LogP contribution is -2.64. The minimum absolute atomic E-state index is 0.131. The van der Waals surface area contributed by atoms with Crippen LogP contribution in [-0.2, 0) is 24.3 Å². The molecule has 1 aliphatic rings. The van der Waals surface area contributed by atoms with Gasteiger partial charge in [0.25, 0.3) is 5.91 Å². The van der Waals surface area contributed by atoms with E-state index < -0.39 is 5.54 Å². The van der Waals surface area contributed by atoms with E-state index in [1.165, 1.54) is 0 Å². The van der Waals surface area contributed by atoms with E-state index in [4.69, 9.17) is 11.6 Å². The van der Waals surface area contributed by atoms with E-state index in [9.17, 15) is 9.59 Å². The monoisotopic (exact) mass is 471 g/mol. The average Bonchev–Trinajstić information content (AvgIpc) is 3.22. The third-order valence-corrected chi connectivity index (χ3v) is 6.91. The number of amides is 2. The summed E-state index contributed by atoms with van der Waals surface area (Å²) in [4.78, 5) is 29.1. The predicted octanol–water partition coefficient (Wildman–Crippen LogP) is 5.07. The molecule has 5 nitrogen and oxygen atoms in total. The van der Waals surface area contributed by atoms with Crippen LogP contribution in [0.15, 0.2) is 84.9 Å². The summed E-state index contributed by atoms with van der Waals surface area (Å²) >= 11 is 6.03. The Labute approximate surface area is 203 Å². The molecular weight excluding hydrogens is 446 g/mol. The highest BCUT2D eigenvalue weighted by Crippen LogP contribution is 2.32. The van der Waals surface area contributed by atoms with E-state index in [0.717, 1.165) is 22.0 Å². The lowest BCUT2D eigenvalue weighted by Gasteiger charge is -2.44. The maximum Gasteiger partial charge on any atom is 0.271 e. The Morgan fingerprint density at radius 3 is 2.44 bits per heavy atom. The van der Waals surface area contributed by atoms with Crippen LogP contribution in [0.25, 0.3) is 10.9 Å². The number of hydrogen-bond donors (Lipinski definition) is 1. The van der Waals surface area contributed by atoms with Gasteiger partial charge in [-0.15, -0.1) is 0 Å². The van der Waals surface area contributed by atoms with E-state index in [0.29, 0.717) is 36.8 Å². The van der Waals surface area contributed by atoms with Crippen molar-refractivity contribution in [2.24, 2.45) is 0 Å². The molecule has 1 aliphatic heterocycles. The Morgan fingerprint density at radius 2 is 1.68 bits per heavy atom. The highest BCUT2D eigenvalue weighted by atomic mass is 35.5. The molecule has 0 saturated heterocycles. The Bertz CT molecular complexity index is 1350. The fourth-order valence-electron chi connectivity index (χ4n) is 4.72. The highest BCUT2D eigenvalue weighted by molar-refractivity contribution is 6.30. The van der Waals surface area contributed by atoms with Crippen LogP contribution in [-0.4, -0.2) is 33.4 Å². The van der Waals surface area contributed by atoms with Crippen molar-refractivity contribution in [2.75, 3.05) is 6.54 Å². The van der Waals surface area contributed by atoms with Gasteiger partial charge >= 0.3 is 0 Å². The lowest BCUT2D eigenvalue weighted by atomic mass is 9.93. The lowest BCUT2D eigenvalue weighted by molar-refractivity contribution is -0.133. The Morgan fingerprint density at radius 1 is 0.971 bits per heavy atom. The molecule has 4 aromatic rings. The van der Waals surface area contributed by atoms with Crippen LogP contribution in [0.1, 0.15) is 28.5 Å². The average molecular weight is 472 g/mol. The van der Waals surface area contributed by atoms with Crippen molar-refractivity contribution in [3.05, 3.63) is 107 Å². The van der Waals surface area contributed by atoms with Crippen molar-refractivity contribution >= 4 is 34.3 Å². The quantitative estimate of drug-likeness (QED) is 0.427. The summed E-state index contributed by atoms with van der Waals surface area (Å²) in [6.07, 6.45) is 0.630. The Balaban J connectivity index is 1.47. The van der Waals surface area contributed by atoms with E-state index in [1.807, 2.05) is 96.4 Å². The van der Waals surface area contributed by atoms with E-state index >= 15 is 0 Å². The molecule has 0 aliphatic carbocycles. The van der Waals surface area contributed by atoms with E-state index in [1.54, 1.807) is 4.90 Å². The van der Waals surface area contributed by atoms with Gasteiger partial charge in [0.15, 0.2) is 0 Å². The van der Waals surface area contributed by atoms with Gasteiger partial charge in [-0.25, -0.2) is 0 Å². The summed E-state index contributed by atoms with van der Waals surface area (Å²) < 4.78 is 1.98. The zero-order chi connectivity index (χ0) is 23.7. The van der Waals surface area contributed by atoms with Gasteiger partial charge in [0, 0.05) is 29.0 Å². The number of benzene rings is 3. The van der Waals surface area contributed by atoms with Crippen LogP contribution in [0.4, 0.5) is 0 Å². The van der Waals surface area contributed by atoms with Gasteiger partial charge in [0.05, 0.1) is 6.54 Å². The predicted molar refractivity (Wildman–Crippen MR) is 135 cm³/mol. The molecule has 6 heteroatoms. The molecule has 2 heterocycles. The van der Waals surface area contributed by atoms with Gasteiger partial charge in [-0.3, -0.25) is 9.59 Å². The van der Waals surface area contributed by atoms with E-state index in [-0.39, 0.29) is 11.8 Å². The molecule has 34 heavy (non-hydrogen) atoms. The molecule has 0 unspecified atom stereocenters. The molecule has 0 radical (unpaired) electrons. The standard InChI is InChI=1S/C28H26ClN3O2/c1-28(27(34)30-18-21-7-3-2-4-8-21)19-31-24-10-6-5-9-22(24)17-25(31)26(33)32(28)16-15-20-11-13-23(29)14-12-20/h2-14,17H,15-16,18-19H2,1H3,(H,30,34)/t28-/m1/s1. The summed E-state index contributed by atoms with van der Waals surface area (Å²) in [6.45, 7) is 3.10. The van der Waals surface area contributed by atoms with Crippen molar-refractivity contribution in [2.45, 2.75) is 32.0 Å². The van der Waals surface area contributed by atoms with Crippen LogP contribution in [0.2, 0.25) is 5.02 Å². The number of carbonyl (C=O) groups is 2. The van der Waals surface area contributed by atoms with Crippen molar-refractivity contribution in [3.8, 4) is 0 Å². The van der Waals surface area contributed by atoms with Crippen molar-refractivity contribution in [1.82, 2.24) is 14.8 Å². The van der Waals surface area contributed by atoms with Gasteiger partial charge in [-0.05, 0) is 48.7 Å². The van der Waals surface area contributed by atoms with Crippen LogP contribution in [0, 0.1) is 0 Å². The van der Waals surface area contributed by atoms with Crippen LogP contribution < -0.4 is 5.32 Å². The molecule has 2 amide bonds. The van der Waals surface area contributed by atoms with Gasteiger partial charge < -0.3 is 14.8 Å². The smallest absolute Gasteiger partial charge is 0.271 e. The largest absolute Gasteiger partial charge is 0.350 e. The molecule has 1 N–H and O–H groups in total. The zero-order valence-corrected chi connectivity index (χ0v) is 19.8. The number of carbonyl (C=O) groups excluding carboxylic acids is 2. The molecule has 5 rings (SSSR count). The third-order valence-electron chi connectivity index (χ3n) is 6.66. The van der Waals surface area contributed by atoms with Crippen molar-refractivity contribution < 1.29 is 9.59 Å².